The minimum absolute atomic E-state index is 0.447. The summed E-state index contributed by atoms with van der Waals surface area (Å²) in [6.07, 6.45) is 3.59. The number of halogens is 4. The smallest absolute Gasteiger partial charge is 0.324 e. The average molecular weight is 561 g/mol. The third-order valence-electron chi connectivity index (χ3n) is 4.35. The van der Waals surface area contributed by atoms with Gasteiger partial charge in [-0.25, -0.2) is 4.98 Å². The molecule has 4 rings (SSSR count). The summed E-state index contributed by atoms with van der Waals surface area (Å²) in [4.78, 5) is 32.2. The summed E-state index contributed by atoms with van der Waals surface area (Å²) >= 11 is 24.0. The molecule has 0 aliphatic heterocycles. The molecule has 0 bridgehead atoms. The van der Waals surface area contributed by atoms with Crippen LogP contribution in [0.2, 0.25) is 20.1 Å². The molecule has 16 heteroatoms. The highest BCUT2D eigenvalue weighted by Gasteiger charge is 2.30. The Labute approximate surface area is 214 Å². The predicted octanol–water partition coefficient (Wildman–Crippen LogP) is 6.73. The van der Waals surface area contributed by atoms with Crippen LogP contribution in [0.3, 0.4) is 0 Å². The molecule has 0 saturated carbocycles. The van der Waals surface area contributed by atoms with E-state index in [9.17, 15) is 30.3 Å². The van der Waals surface area contributed by atoms with Crippen molar-refractivity contribution in [2.75, 3.05) is 0 Å². The zero-order chi connectivity index (χ0) is 26.0. The Kier molecular flexibility index (Phi) is 7.60. The minimum atomic E-state index is -1.21. The highest BCUT2D eigenvalue weighted by atomic mass is 35.5. The van der Waals surface area contributed by atoms with Crippen LogP contribution in [0, 0.1) is 30.3 Å². The highest BCUT2D eigenvalue weighted by molar-refractivity contribution is 6.42. The largest absolute Gasteiger partial charge is 0.497 e. The van der Waals surface area contributed by atoms with Crippen LogP contribution in [0.5, 0.6) is 5.75 Å². The second kappa shape index (κ2) is 10.3. The summed E-state index contributed by atoms with van der Waals surface area (Å²) in [5.41, 5.74) is -0.738. The highest BCUT2D eigenvalue weighted by Crippen LogP contribution is 2.39. The molecule has 35 heavy (non-hydrogen) atoms. The van der Waals surface area contributed by atoms with Gasteiger partial charge in [-0.05, 0) is 18.2 Å². The minimum Gasteiger partial charge on any atom is -0.497 e. The number of pyridine rings is 1. The van der Waals surface area contributed by atoms with Crippen molar-refractivity contribution in [3.63, 3.8) is 0 Å². The molecule has 1 N–H and O–H groups in total. The van der Waals surface area contributed by atoms with Crippen molar-refractivity contribution in [3.8, 4) is 17.0 Å². The molecule has 0 radical (unpaired) electrons. The van der Waals surface area contributed by atoms with Gasteiger partial charge in [-0.15, -0.1) is 0 Å². The van der Waals surface area contributed by atoms with E-state index in [-0.39, 0.29) is 0 Å². The third-order valence-corrected chi connectivity index (χ3v) is 5.57. The van der Waals surface area contributed by atoms with E-state index in [0.29, 0.717) is 37.9 Å². The number of rotatable bonds is 4. The second-order valence-corrected chi connectivity index (χ2v) is 8.25. The molecule has 0 aliphatic carbocycles. The summed E-state index contributed by atoms with van der Waals surface area (Å²) in [7, 11) is 0. The van der Waals surface area contributed by atoms with Crippen LogP contribution in [0.15, 0.2) is 48.8 Å². The van der Waals surface area contributed by atoms with Gasteiger partial charge in [0, 0.05) is 18.0 Å². The molecule has 0 unspecified atom stereocenters. The first-order valence-electron chi connectivity index (χ1n) is 8.98. The van der Waals surface area contributed by atoms with Crippen molar-refractivity contribution in [1.29, 1.82) is 0 Å². The van der Waals surface area contributed by atoms with Gasteiger partial charge in [0.05, 0.1) is 52.7 Å². The maximum absolute atomic E-state index is 10.4. The van der Waals surface area contributed by atoms with Gasteiger partial charge >= 0.3 is 11.4 Å². The number of hydrogen-bond donors (Lipinski definition) is 1. The topological polar surface area (TPSA) is 167 Å². The van der Waals surface area contributed by atoms with Gasteiger partial charge in [0.15, 0.2) is 5.65 Å². The van der Waals surface area contributed by atoms with Crippen LogP contribution >= 0.6 is 46.4 Å². The number of nitrogens with zero attached hydrogens (tertiary/aromatic N) is 5. The van der Waals surface area contributed by atoms with Gasteiger partial charge in [-0.1, -0.05) is 52.5 Å². The van der Waals surface area contributed by atoms with Crippen LogP contribution in [0.25, 0.3) is 16.9 Å². The summed E-state index contributed by atoms with van der Waals surface area (Å²) in [5, 5.41) is 42.3. The Morgan fingerprint density at radius 2 is 1.37 bits per heavy atom. The van der Waals surface area contributed by atoms with E-state index in [0.717, 1.165) is 11.3 Å². The van der Waals surface area contributed by atoms with Crippen molar-refractivity contribution in [2.24, 2.45) is 0 Å². The molecule has 180 valence electrons. The fraction of sp³-hybridized carbons (Fsp3) is 0. The van der Waals surface area contributed by atoms with E-state index < -0.39 is 37.6 Å². The molecule has 0 aliphatic rings. The van der Waals surface area contributed by atoms with Gasteiger partial charge in [0.1, 0.15) is 0 Å². The molecular weight excluding hydrogens is 552 g/mol. The van der Waals surface area contributed by atoms with Crippen LogP contribution in [0.1, 0.15) is 0 Å². The zero-order valence-electron chi connectivity index (χ0n) is 16.8. The number of fused-ring (bicyclic) bond motifs is 1. The summed E-state index contributed by atoms with van der Waals surface area (Å²) in [6, 6.07) is 7.90. The lowest BCUT2D eigenvalue weighted by atomic mass is 10.2. The molecule has 0 amide bonds. The number of aromatic nitrogens is 2. The predicted molar refractivity (Wildman–Crippen MR) is 129 cm³/mol. The second-order valence-electron chi connectivity index (χ2n) is 6.60. The third kappa shape index (κ3) is 5.69. The first kappa shape index (κ1) is 25.9. The number of aromatic hydroxyl groups is 1. The van der Waals surface area contributed by atoms with Crippen molar-refractivity contribution >= 4 is 69.1 Å². The molecule has 0 saturated heterocycles. The van der Waals surface area contributed by atoms with Gasteiger partial charge in [0.2, 0.25) is 0 Å². The lowest BCUT2D eigenvalue weighted by molar-refractivity contribution is -0.404. The molecule has 12 nitrogen and oxygen atoms in total. The number of phenols is 1. The number of phenolic OH excluding ortho intramolecular Hbond substituents is 1. The lowest BCUT2D eigenvalue weighted by Gasteiger charge is -1.98. The quantitative estimate of drug-likeness (QED) is 0.211. The summed E-state index contributed by atoms with van der Waals surface area (Å²) in [5.74, 6) is -1.21. The van der Waals surface area contributed by atoms with E-state index in [4.69, 9.17) is 51.5 Å². The van der Waals surface area contributed by atoms with Crippen molar-refractivity contribution in [3.05, 3.63) is 99.2 Å². The van der Waals surface area contributed by atoms with Gasteiger partial charge < -0.3 is 9.51 Å². The first-order valence-corrected chi connectivity index (χ1v) is 10.5. The summed E-state index contributed by atoms with van der Waals surface area (Å²) in [6.45, 7) is 0. The van der Waals surface area contributed by atoms with Gasteiger partial charge in [-0.3, -0.25) is 30.3 Å². The van der Waals surface area contributed by atoms with Gasteiger partial charge in [0.25, 0.3) is 11.4 Å². The number of benzene rings is 2. The van der Waals surface area contributed by atoms with Crippen LogP contribution < -0.4 is 0 Å². The van der Waals surface area contributed by atoms with E-state index in [2.05, 4.69) is 4.98 Å². The zero-order valence-corrected chi connectivity index (χ0v) is 19.8. The average Bonchev–Trinajstić information content (AvgIpc) is 3.20. The Bertz CT molecular complexity index is 1470. The van der Waals surface area contributed by atoms with Crippen molar-refractivity contribution in [2.45, 2.75) is 0 Å². The number of imidazole rings is 1. The van der Waals surface area contributed by atoms with E-state index in [1.165, 1.54) is 0 Å². The van der Waals surface area contributed by atoms with Crippen molar-refractivity contribution < 1.29 is 19.9 Å². The molecule has 4 aromatic rings. The SMILES string of the molecule is Clc1cc(Cl)c2nc(-c3ccc(Cl)c(Cl)c3)cn2c1.O=[N+]([O-])c1cc([N+](=O)[O-])c(O)c([N+](=O)[O-])c1. The molecule has 0 spiro atoms. The summed E-state index contributed by atoms with van der Waals surface area (Å²) < 4.78 is 1.78. The molecule has 0 fully saturated rings. The van der Waals surface area contributed by atoms with Crippen molar-refractivity contribution in [1.82, 2.24) is 9.38 Å². The Hall–Kier alpha value is -3.71. The molecular formula is C19H9Cl4N5O7. The lowest BCUT2D eigenvalue weighted by Crippen LogP contribution is -1.97. The fourth-order valence-corrected chi connectivity index (χ4v) is 3.62. The van der Waals surface area contributed by atoms with E-state index in [1.54, 1.807) is 28.8 Å². The number of nitro benzene ring substituents is 3. The molecule has 2 heterocycles. The molecule has 2 aromatic carbocycles. The number of hydrogen-bond acceptors (Lipinski definition) is 8. The maximum Gasteiger partial charge on any atom is 0.324 e. The van der Waals surface area contributed by atoms with E-state index in [1.807, 2.05) is 12.3 Å². The standard InChI is InChI=1S/C13H6Cl4N2.C6H3N3O7/c14-8-4-11(17)13-18-12(6-19(13)5-8)7-1-2-9(15)10(16)3-7;10-6-4(8(13)14)1-3(7(11)12)2-5(6)9(15)16/h1-6H;1-2,10H. The monoisotopic (exact) mass is 559 g/mol. The Morgan fingerprint density at radius 1 is 0.771 bits per heavy atom. The van der Waals surface area contributed by atoms with E-state index >= 15 is 0 Å². The maximum atomic E-state index is 10.4. The van der Waals surface area contributed by atoms with Crippen LogP contribution in [0.4, 0.5) is 17.1 Å². The molecule has 0 atom stereocenters. The number of non-ortho nitro benzene ring substituents is 1. The van der Waals surface area contributed by atoms with Crippen LogP contribution in [-0.4, -0.2) is 29.3 Å². The first-order chi connectivity index (χ1) is 16.4. The number of nitro groups is 3. The fourth-order valence-electron chi connectivity index (χ4n) is 2.79. The Balaban J connectivity index is 0.000000199. The van der Waals surface area contributed by atoms with Crippen LogP contribution in [-0.2, 0) is 0 Å². The Morgan fingerprint density at radius 3 is 1.89 bits per heavy atom. The molecule has 2 aromatic heterocycles. The van der Waals surface area contributed by atoms with Gasteiger partial charge in [-0.2, -0.15) is 0 Å². The normalized spacial score (nSPS) is 10.5.